The first-order valence-electron chi connectivity index (χ1n) is 21.2. The number of hydrogen-bond donors (Lipinski definition) is 2. The van der Waals surface area contributed by atoms with Crippen LogP contribution in [0.2, 0.25) is 0 Å². The number of fused-ring (bicyclic) bond motifs is 4. The Kier molecular flexibility index (Phi) is 15.1. The summed E-state index contributed by atoms with van der Waals surface area (Å²) in [6, 6.07) is 14.9. The van der Waals surface area contributed by atoms with E-state index >= 15 is 4.39 Å². The maximum absolute atomic E-state index is 15.3. The molecule has 2 N–H and O–H groups in total. The molecule has 10 heteroatoms. The van der Waals surface area contributed by atoms with Crippen LogP contribution in [-0.2, 0) is 43.2 Å². The van der Waals surface area contributed by atoms with Gasteiger partial charge in [0.25, 0.3) is 0 Å². The van der Waals surface area contributed by atoms with Crippen molar-refractivity contribution < 1.29 is 28.2 Å². The summed E-state index contributed by atoms with van der Waals surface area (Å²) in [4.78, 5) is 45.6. The molecule has 2 aromatic heterocycles. The van der Waals surface area contributed by atoms with E-state index in [4.69, 9.17) is 14.5 Å². The van der Waals surface area contributed by atoms with Gasteiger partial charge >= 0.3 is 5.97 Å². The summed E-state index contributed by atoms with van der Waals surface area (Å²) < 4.78 is 29.5. The maximum Gasteiger partial charge on any atom is 0.323 e. The summed E-state index contributed by atoms with van der Waals surface area (Å²) in [6.45, 7) is 16.7. The summed E-state index contributed by atoms with van der Waals surface area (Å²) in [7, 11) is 3.46. The number of hydrogen-bond acceptors (Lipinski definition) is 7. The maximum atomic E-state index is 15.3. The van der Waals surface area contributed by atoms with E-state index in [-0.39, 0.29) is 55.0 Å². The Hall–Kier alpha value is -4.41. The van der Waals surface area contributed by atoms with Crippen LogP contribution >= 0.6 is 0 Å². The molecule has 1 aliphatic heterocycles. The van der Waals surface area contributed by atoms with Crippen molar-refractivity contribution in [1.29, 1.82) is 0 Å². The smallest absolute Gasteiger partial charge is 0.323 e. The highest BCUT2D eigenvalue weighted by Crippen LogP contribution is 2.42. The number of likely N-dealkylation sites (N-methyl/N-ethyl adjacent to an activating group) is 1. The van der Waals surface area contributed by atoms with Gasteiger partial charge in [-0.05, 0) is 118 Å². The number of alkyl halides is 1. The quantitative estimate of drug-likeness (QED) is 0.162. The van der Waals surface area contributed by atoms with Crippen molar-refractivity contribution in [1.82, 2.24) is 20.2 Å². The average Bonchev–Trinajstić information content (AvgIpc) is 3.50. The molecule has 0 aliphatic carbocycles. The van der Waals surface area contributed by atoms with Gasteiger partial charge in [0.15, 0.2) is 5.78 Å². The van der Waals surface area contributed by atoms with Gasteiger partial charge in [0.2, 0.25) is 5.91 Å². The Balaban J connectivity index is 1.73. The molecule has 9 nitrogen and oxygen atoms in total. The number of carbonyl (C=O) groups excluding carboxylic acids is 3. The number of amides is 1. The number of nitrogens with zero attached hydrogens (tertiary/aromatic N) is 2. The number of rotatable bonds is 9. The lowest BCUT2D eigenvalue weighted by Gasteiger charge is -2.27. The number of methoxy groups -OCH3 is 1. The van der Waals surface area contributed by atoms with Crippen LogP contribution in [-0.4, -0.2) is 60.1 Å². The standard InChI is InChI=1S/C48H65FN4O5/c1-11-53-42-20-19-34-26-38(42)39(45(53)37-16-15-21-51-44(37)32(6)57-10)27-48(7,8)28-58-47(56)40(50-9)17-13-12-14-18-43(54)41(52-46(55)30(4)29(2)3)24-33-22-35(31(5)49)25-36(34)23-33/h15-16,19-23,25-26,29-32,40-41,50H,11-14,17-18,24,27-28H2,1-10H3,(H,52,55)/t30-,31?,32-,40-,41-/m0/s1. The van der Waals surface area contributed by atoms with Crippen LogP contribution in [0.25, 0.3) is 33.3 Å². The first kappa shape index (κ1) is 44.7. The molecule has 1 unspecified atom stereocenters. The van der Waals surface area contributed by atoms with Gasteiger partial charge in [-0.25, -0.2) is 4.39 Å². The number of Topliss-reactive ketones (excluding diaryl/α,β-unsaturated/α-hetero) is 1. The Morgan fingerprint density at radius 3 is 2.45 bits per heavy atom. The molecule has 0 saturated carbocycles. The van der Waals surface area contributed by atoms with E-state index in [0.29, 0.717) is 31.4 Å². The normalized spacial score (nSPS) is 20.0. The molecule has 2 aromatic carbocycles. The lowest BCUT2D eigenvalue weighted by molar-refractivity contribution is -0.149. The molecule has 4 bridgehead atoms. The average molecular weight is 797 g/mol. The molecule has 58 heavy (non-hydrogen) atoms. The summed E-state index contributed by atoms with van der Waals surface area (Å²) in [5.74, 6) is -0.700. The van der Waals surface area contributed by atoms with Crippen molar-refractivity contribution in [2.45, 2.75) is 131 Å². The van der Waals surface area contributed by atoms with E-state index in [1.54, 1.807) is 20.4 Å². The molecular weight excluding hydrogens is 732 g/mol. The fourth-order valence-electron chi connectivity index (χ4n) is 8.07. The molecule has 0 fully saturated rings. The number of benzene rings is 2. The van der Waals surface area contributed by atoms with Gasteiger partial charge in [-0.15, -0.1) is 0 Å². The molecule has 1 amide bonds. The fourth-order valence-corrected chi connectivity index (χ4v) is 8.07. The largest absolute Gasteiger partial charge is 0.464 e. The van der Waals surface area contributed by atoms with Crippen molar-refractivity contribution >= 4 is 28.6 Å². The van der Waals surface area contributed by atoms with Crippen molar-refractivity contribution in [2.24, 2.45) is 17.3 Å². The van der Waals surface area contributed by atoms with Gasteiger partial charge < -0.3 is 24.7 Å². The number of cyclic esters (lactones) is 1. The van der Waals surface area contributed by atoms with Gasteiger partial charge in [0.05, 0.1) is 30.1 Å². The summed E-state index contributed by atoms with van der Waals surface area (Å²) >= 11 is 0. The SMILES string of the molecule is CCn1c(-c2cccnc2[C@H](C)OC)c2c3cc(ccc31)-c1cc(cc(C(C)F)c1)C[C@H](NC(=O)[C@@H](C)C(C)C)C(=O)CCCCC[C@H](NC)C(=O)OCC(C)(C)C2. The molecule has 3 heterocycles. The van der Waals surface area contributed by atoms with Crippen LogP contribution < -0.4 is 10.6 Å². The highest BCUT2D eigenvalue weighted by atomic mass is 19.1. The first-order valence-corrected chi connectivity index (χ1v) is 21.2. The molecule has 0 spiro atoms. The van der Waals surface area contributed by atoms with Crippen molar-refractivity contribution in [3.63, 3.8) is 0 Å². The van der Waals surface area contributed by atoms with Crippen LogP contribution in [0, 0.1) is 17.3 Å². The van der Waals surface area contributed by atoms with E-state index in [2.05, 4.69) is 60.2 Å². The third kappa shape index (κ3) is 10.4. The summed E-state index contributed by atoms with van der Waals surface area (Å²) in [6.07, 6.45) is 4.07. The van der Waals surface area contributed by atoms with E-state index in [0.717, 1.165) is 62.9 Å². The third-order valence-corrected chi connectivity index (χ3v) is 12.0. The van der Waals surface area contributed by atoms with Gasteiger partial charge in [0, 0.05) is 54.1 Å². The number of nitrogens with one attached hydrogen (secondary N) is 2. The predicted octanol–water partition coefficient (Wildman–Crippen LogP) is 9.68. The van der Waals surface area contributed by atoms with E-state index in [1.165, 1.54) is 6.92 Å². The second-order valence-electron chi connectivity index (χ2n) is 17.4. The highest BCUT2D eigenvalue weighted by molar-refractivity contribution is 5.95. The molecule has 1 aliphatic rings. The van der Waals surface area contributed by atoms with Crippen molar-refractivity contribution in [2.75, 3.05) is 20.8 Å². The van der Waals surface area contributed by atoms with Crippen molar-refractivity contribution in [3.8, 4) is 22.4 Å². The van der Waals surface area contributed by atoms with E-state index < -0.39 is 23.7 Å². The van der Waals surface area contributed by atoms with Gasteiger partial charge in [-0.3, -0.25) is 19.4 Å². The molecular formula is C48H65FN4O5. The molecule has 0 radical (unpaired) electrons. The lowest BCUT2D eigenvalue weighted by Crippen LogP contribution is -2.45. The number of ether oxygens (including phenoxy) is 2. The monoisotopic (exact) mass is 796 g/mol. The number of halogens is 1. The topological polar surface area (TPSA) is 112 Å². The Morgan fingerprint density at radius 1 is 1.02 bits per heavy atom. The van der Waals surface area contributed by atoms with Crippen LogP contribution in [0.5, 0.6) is 0 Å². The zero-order valence-corrected chi connectivity index (χ0v) is 36.3. The number of carbonyl (C=O) groups is 3. The van der Waals surface area contributed by atoms with Crippen LogP contribution in [0.4, 0.5) is 4.39 Å². The van der Waals surface area contributed by atoms with Crippen molar-refractivity contribution in [3.05, 3.63) is 77.1 Å². The van der Waals surface area contributed by atoms with Gasteiger partial charge in [-0.1, -0.05) is 65.7 Å². The number of esters is 1. The summed E-state index contributed by atoms with van der Waals surface area (Å²) in [5.41, 5.74) is 7.55. The van der Waals surface area contributed by atoms with Gasteiger partial charge in [0.1, 0.15) is 12.2 Å². The van der Waals surface area contributed by atoms with Crippen LogP contribution in [0.1, 0.15) is 122 Å². The van der Waals surface area contributed by atoms with E-state index in [9.17, 15) is 14.4 Å². The summed E-state index contributed by atoms with van der Waals surface area (Å²) in [5, 5.41) is 7.26. The first-order chi connectivity index (χ1) is 27.6. The zero-order chi connectivity index (χ0) is 42.3. The second-order valence-corrected chi connectivity index (χ2v) is 17.4. The molecule has 4 aromatic rings. The predicted molar refractivity (Wildman–Crippen MR) is 230 cm³/mol. The lowest BCUT2D eigenvalue weighted by atomic mass is 9.84. The van der Waals surface area contributed by atoms with Crippen LogP contribution in [0.3, 0.4) is 0 Å². The molecule has 314 valence electrons. The third-order valence-electron chi connectivity index (χ3n) is 12.0. The molecule has 5 rings (SSSR count). The molecule has 0 saturated heterocycles. The number of aryl methyl sites for hydroxylation is 1. The number of aromatic nitrogens is 2. The Morgan fingerprint density at radius 2 is 1.78 bits per heavy atom. The Bertz CT molecular complexity index is 2070. The number of pyridine rings is 1. The second kappa shape index (κ2) is 19.6. The minimum Gasteiger partial charge on any atom is -0.464 e. The highest BCUT2D eigenvalue weighted by Gasteiger charge is 2.31. The minimum absolute atomic E-state index is 0.0562. The molecule has 5 atom stereocenters. The van der Waals surface area contributed by atoms with E-state index in [1.807, 2.05) is 52.0 Å². The number of ketones is 1. The van der Waals surface area contributed by atoms with Gasteiger partial charge in [-0.2, -0.15) is 0 Å². The van der Waals surface area contributed by atoms with Crippen LogP contribution in [0.15, 0.2) is 54.7 Å². The Labute approximate surface area is 344 Å². The minimum atomic E-state index is -1.25. The zero-order valence-electron chi connectivity index (χ0n) is 36.3. The fraction of sp³-hybridized carbons (Fsp3) is 0.542.